The van der Waals surface area contributed by atoms with E-state index in [0.29, 0.717) is 0 Å². The summed E-state index contributed by atoms with van der Waals surface area (Å²) in [6, 6.07) is 0.225. The average Bonchev–Trinajstić information content (AvgIpc) is 1.79. The molecule has 1 aliphatic heterocycles. The second-order valence-corrected chi connectivity index (χ2v) is 3.16. The van der Waals surface area contributed by atoms with E-state index in [4.69, 9.17) is 5.73 Å². The van der Waals surface area contributed by atoms with Crippen LogP contribution in [0.3, 0.4) is 0 Å². The molecule has 0 aromatic rings. The summed E-state index contributed by atoms with van der Waals surface area (Å²) in [5.41, 5.74) is 5.51. The van der Waals surface area contributed by atoms with Crippen molar-refractivity contribution in [1.29, 1.82) is 0 Å². The highest BCUT2D eigenvalue weighted by atomic mass is 16.2. The summed E-state index contributed by atoms with van der Waals surface area (Å²) in [4.78, 5) is 12.9. The van der Waals surface area contributed by atoms with E-state index < -0.39 is 0 Å². The Balaban J connectivity index is 2.31. The lowest BCUT2D eigenvalue weighted by Crippen LogP contribution is -2.58. The summed E-state index contributed by atoms with van der Waals surface area (Å²) in [6.07, 6.45) is 0. The summed E-state index contributed by atoms with van der Waals surface area (Å²) < 4.78 is 0. The largest absolute Gasteiger partial charge is 0.339 e. The van der Waals surface area contributed by atoms with E-state index in [1.807, 2.05) is 13.8 Å². The molecule has 0 aliphatic carbocycles. The van der Waals surface area contributed by atoms with Gasteiger partial charge in [0.15, 0.2) is 0 Å². The van der Waals surface area contributed by atoms with Crippen molar-refractivity contribution >= 4 is 5.91 Å². The minimum absolute atomic E-state index is 0.118. The Bertz CT molecular complexity index is 139. The van der Waals surface area contributed by atoms with Crippen LogP contribution in [0.1, 0.15) is 13.8 Å². The molecule has 3 nitrogen and oxygen atoms in total. The maximum Gasteiger partial charge on any atom is 0.225 e. The number of nitrogens with two attached hydrogens (primary N) is 1. The van der Waals surface area contributed by atoms with Crippen molar-refractivity contribution in [2.75, 3.05) is 13.1 Å². The fraction of sp³-hybridized carbons (Fsp3) is 0.857. The summed E-state index contributed by atoms with van der Waals surface area (Å²) in [7, 11) is 0. The van der Waals surface area contributed by atoms with Gasteiger partial charge in [0, 0.05) is 25.0 Å². The normalized spacial score (nSPS) is 19.4. The Hall–Kier alpha value is -0.570. The SMILES string of the molecule is CC(C)C(=O)N1CC(N)C1. The zero-order valence-electron chi connectivity index (χ0n) is 6.50. The molecule has 0 aromatic heterocycles. The maximum absolute atomic E-state index is 11.1. The standard InChI is InChI=1S/C7H14N2O/c1-5(2)7(10)9-3-6(8)4-9/h5-6H,3-4,8H2,1-2H3. The molecule has 1 heterocycles. The third-order valence-electron chi connectivity index (χ3n) is 1.72. The van der Waals surface area contributed by atoms with Crippen LogP contribution >= 0.6 is 0 Å². The lowest BCUT2D eigenvalue weighted by molar-refractivity contribution is -0.138. The fourth-order valence-electron chi connectivity index (χ4n) is 1.06. The van der Waals surface area contributed by atoms with Crippen LogP contribution in [-0.4, -0.2) is 29.9 Å². The predicted octanol–water partition coefficient (Wildman–Crippen LogP) is -0.188. The monoisotopic (exact) mass is 142 g/mol. The first-order valence-corrected chi connectivity index (χ1v) is 3.65. The zero-order chi connectivity index (χ0) is 7.72. The Labute approximate surface area is 61.2 Å². The van der Waals surface area contributed by atoms with Gasteiger partial charge in [0.05, 0.1) is 0 Å². The van der Waals surface area contributed by atoms with Gasteiger partial charge in [-0.2, -0.15) is 0 Å². The molecule has 0 unspecified atom stereocenters. The Morgan fingerprint density at radius 1 is 1.60 bits per heavy atom. The summed E-state index contributed by atoms with van der Waals surface area (Å²) in [6.45, 7) is 5.31. The Morgan fingerprint density at radius 2 is 2.10 bits per heavy atom. The minimum Gasteiger partial charge on any atom is -0.339 e. The molecular formula is C7H14N2O. The van der Waals surface area contributed by atoms with Crippen molar-refractivity contribution in [2.45, 2.75) is 19.9 Å². The topological polar surface area (TPSA) is 46.3 Å². The molecule has 0 radical (unpaired) electrons. The van der Waals surface area contributed by atoms with E-state index in [1.165, 1.54) is 0 Å². The van der Waals surface area contributed by atoms with Gasteiger partial charge < -0.3 is 10.6 Å². The van der Waals surface area contributed by atoms with Gasteiger partial charge in [-0.3, -0.25) is 4.79 Å². The number of rotatable bonds is 1. The molecule has 0 bridgehead atoms. The maximum atomic E-state index is 11.1. The number of carbonyl (C=O) groups excluding carboxylic acids is 1. The summed E-state index contributed by atoms with van der Waals surface area (Å²) in [5, 5.41) is 0. The van der Waals surface area contributed by atoms with Crippen LogP contribution in [0.2, 0.25) is 0 Å². The van der Waals surface area contributed by atoms with Gasteiger partial charge in [-0.25, -0.2) is 0 Å². The third kappa shape index (κ3) is 1.29. The molecule has 58 valence electrons. The van der Waals surface area contributed by atoms with Gasteiger partial charge in [0.2, 0.25) is 5.91 Å². The zero-order valence-corrected chi connectivity index (χ0v) is 6.50. The highest BCUT2D eigenvalue weighted by Crippen LogP contribution is 2.09. The van der Waals surface area contributed by atoms with Gasteiger partial charge in [-0.1, -0.05) is 13.8 Å². The molecule has 0 atom stereocenters. The Kier molecular flexibility index (Phi) is 1.94. The molecule has 1 fully saturated rings. The van der Waals surface area contributed by atoms with Gasteiger partial charge in [-0.15, -0.1) is 0 Å². The van der Waals surface area contributed by atoms with Crippen molar-refractivity contribution < 1.29 is 4.79 Å². The quantitative estimate of drug-likeness (QED) is 0.551. The van der Waals surface area contributed by atoms with Crippen LogP contribution in [0.4, 0.5) is 0 Å². The third-order valence-corrected chi connectivity index (χ3v) is 1.72. The van der Waals surface area contributed by atoms with Gasteiger partial charge in [0.1, 0.15) is 0 Å². The van der Waals surface area contributed by atoms with E-state index >= 15 is 0 Å². The van der Waals surface area contributed by atoms with E-state index in [2.05, 4.69) is 0 Å². The molecule has 3 heteroatoms. The summed E-state index contributed by atoms with van der Waals surface area (Å²) in [5.74, 6) is 0.342. The van der Waals surface area contributed by atoms with Gasteiger partial charge in [0.25, 0.3) is 0 Å². The van der Waals surface area contributed by atoms with Crippen LogP contribution < -0.4 is 5.73 Å². The smallest absolute Gasteiger partial charge is 0.225 e. The van der Waals surface area contributed by atoms with E-state index in [9.17, 15) is 4.79 Å². The van der Waals surface area contributed by atoms with E-state index in [1.54, 1.807) is 4.90 Å². The molecule has 0 aromatic carbocycles. The van der Waals surface area contributed by atoms with Crippen molar-refractivity contribution in [1.82, 2.24) is 4.90 Å². The minimum atomic E-state index is 0.118. The highest BCUT2D eigenvalue weighted by molar-refractivity contribution is 5.79. The van der Waals surface area contributed by atoms with Crippen LogP contribution in [-0.2, 0) is 4.79 Å². The predicted molar refractivity (Wildman–Crippen MR) is 39.4 cm³/mol. The van der Waals surface area contributed by atoms with Gasteiger partial charge in [-0.05, 0) is 0 Å². The van der Waals surface area contributed by atoms with Crippen molar-refractivity contribution in [3.63, 3.8) is 0 Å². The molecule has 2 N–H and O–H groups in total. The average molecular weight is 142 g/mol. The number of likely N-dealkylation sites (tertiary alicyclic amines) is 1. The number of hydrogen-bond donors (Lipinski definition) is 1. The molecule has 0 spiro atoms. The lowest BCUT2D eigenvalue weighted by atomic mass is 10.1. The van der Waals surface area contributed by atoms with Gasteiger partial charge >= 0.3 is 0 Å². The molecule has 1 rings (SSSR count). The Morgan fingerprint density at radius 3 is 2.40 bits per heavy atom. The van der Waals surface area contributed by atoms with Crippen LogP contribution in [0.5, 0.6) is 0 Å². The molecule has 1 aliphatic rings. The van der Waals surface area contributed by atoms with Crippen molar-refractivity contribution in [3.05, 3.63) is 0 Å². The van der Waals surface area contributed by atoms with Crippen LogP contribution in [0.15, 0.2) is 0 Å². The first-order chi connectivity index (χ1) is 4.61. The van der Waals surface area contributed by atoms with E-state index in [0.717, 1.165) is 13.1 Å². The molecule has 1 amide bonds. The highest BCUT2D eigenvalue weighted by Gasteiger charge is 2.28. The molecule has 0 saturated carbocycles. The first-order valence-electron chi connectivity index (χ1n) is 3.65. The van der Waals surface area contributed by atoms with Crippen molar-refractivity contribution in [3.8, 4) is 0 Å². The number of amides is 1. The number of nitrogens with zero attached hydrogens (tertiary/aromatic N) is 1. The lowest BCUT2D eigenvalue weighted by Gasteiger charge is -2.37. The second-order valence-electron chi connectivity index (χ2n) is 3.16. The molecule has 10 heavy (non-hydrogen) atoms. The second kappa shape index (κ2) is 2.58. The molecular weight excluding hydrogens is 128 g/mol. The number of carbonyl (C=O) groups is 1. The van der Waals surface area contributed by atoms with Crippen LogP contribution in [0, 0.1) is 5.92 Å². The van der Waals surface area contributed by atoms with Crippen LogP contribution in [0.25, 0.3) is 0 Å². The van der Waals surface area contributed by atoms with Crippen molar-refractivity contribution in [2.24, 2.45) is 11.7 Å². The number of hydrogen-bond acceptors (Lipinski definition) is 2. The van der Waals surface area contributed by atoms with E-state index in [-0.39, 0.29) is 17.9 Å². The fourth-order valence-corrected chi connectivity index (χ4v) is 1.06. The molecule has 1 saturated heterocycles. The first kappa shape index (κ1) is 7.54. The summed E-state index contributed by atoms with van der Waals surface area (Å²) >= 11 is 0.